The van der Waals surface area contributed by atoms with E-state index in [2.05, 4.69) is 5.32 Å². The molecule has 1 aliphatic carbocycles. The van der Waals surface area contributed by atoms with Crippen LogP contribution in [0.4, 0.5) is 5.00 Å². The summed E-state index contributed by atoms with van der Waals surface area (Å²) in [6.07, 6.45) is 4.47. The molecule has 0 spiro atoms. The third-order valence-electron chi connectivity index (χ3n) is 3.86. The van der Waals surface area contributed by atoms with Crippen molar-refractivity contribution in [2.24, 2.45) is 0 Å². The molecule has 0 bridgehead atoms. The monoisotopic (exact) mass is 369 g/mol. The zero-order valence-electron chi connectivity index (χ0n) is 14.3. The van der Waals surface area contributed by atoms with E-state index >= 15 is 0 Å². The molecule has 0 aliphatic heterocycles. The van der Waals surface area contributed by atoms with Gasteiger partial charge in [0, 0.05) is 11.8 Å². The van der Waals surface area contributed by atoms with E-state index in [9.17, 15) is 14.4 Å². The first-order chi connectivity index (χ1) is 11.5. The number of hydrogen-bond acceptors (Lipinski definition) is 6. The fourth-order valence-electron chi connectivity index (χ4n) is 2.79. The molecule has 1 aromatic heterocycles. The summed E-state index contributed by atoms with van der Waals surface area (Å²) in [5.74, 6) is -0.610. The van der Waals surface area contributed by atoms with Crippen LogP contribution in [0.1, 0.15) is 60.8 Å². The van der Waals surface area contributed by atoms with Gasteiger partial charge in [-0.15, -0.1) is 11.3 Å². The third kappa shape index (κ3) is 4.39. The Labute approximate surface area is 150 Å². The summed E-state index contributed by atoms with van der Waals surface area (Å²) in [6.45, 7) is 5.39. The fraction of sp³-hybridized carbons (Fsp3) is 0.588. The quantitative estimate of drug-likeness (QED) is 0.772. The summed E-state index contributed by atoms with van der Waals surface area (Å²) in [5.41, 5.74) is 1.53. The van der Waals surface area contributed by atoms with E-state index in [1.165, 1.54) is 18.3 Å². The lowest BCUT2D eigenvalue weighted by molar-refractivity contribution is -0.116. The molecule has 1 N–H and O–H groups in total. The molecule has 0 radical (unpaired) electrons. The SMILES string of the molecule is CCOC(=O)c1c(NC(=O)C(CC)SC(C)=O)sc2c1CCCC2. The lowest BCUT2D eigenvalue weighted by atomic mass is 9.95. The molecule has 0 saturated heterocycles. The number of esters is 1. The van der Waals surface area contributed by atoms with E-state index in [1.807, 2.05) is 6.92 Å². The highest BCUT2D eigenvalue weighted by atomic mass is 32.2. The molecule has 1 aromatic rings. The number of rotatable bonds is 6. The second-order valence-corrected chi connectivity index (χ2v) is 8.12. The van der Waals surface area contributed by atoms with Gasteiger partial charge in [0.1, 0.15) is 5.00 Å². The van der Waals surface area contributed by atoms with Crippen molar-refractivity contribution in [2.75, 3.05) is 11.9 Å². The van der Waals surface area contributed by atoms with Gasteiger partial charge in [-0.05, 0) is 44.6 Å². The van der Waals surface area contributed by atoms with Gasteiger partial charge in [-0.25, -0.2) is 4.79 Å². The summed E-state index contributed by atoms with van der Waals surface area (Å²) in [7, 11) is 0. The van der Waals surface area contributed by atoms with Gasteiger partial charge in [0.15, 0.2) is 5.12 Å². The number of aryl methyl sites for hydroxylation is 1. The Kier molecular flexibility index (Phi) is 6.86. The summed E-state index contributed by atoms with van der Waals surface area (Å²) in [4.78, 5) is 37.3. The normalized spacial score (nSPS) is 14.6. The molecule has 1 heterocycles. The number of carbonyl (C=O) groups excluding carboxylic acids is 3. The molecular formula is C17H23NO4S2. The summed E-state index contributed by atoms with van der Waals surface area (Å²) in [6, 6.07) is 0. The first kappa shape index (κ1) is 19.0. The van der Waals surface area contributed by atoms with E-state index in [1.54, 1.807) is 6.92 Å². The number of ether oxygens (including phenoxy) is 1. The number of hydrogen-bond donors (Lipinski definition) is 1. The van der Waals surface area contributed by atoms with Crippen molar-refractivity contribution in [3.63, 3.8) is 0 Å². The summed E-state index contributed by atoms with van der Waals surface area (Å²) < 4.78 is 5.18. The second kappa shape index (κ2) is 8.67. The molecule has 24 heavy (non-hydrogen) atoms. The predicted molar refractivity (Wildman–Crippen MR) is 97.9 cm³/mol. The summed E-state index contributed by atoms with van der Waals surface area (Å²) >= 11 is 2.49. The van der Waals surface area contributed by atoms with E-state index in [-0.39, 0.29) is 17.0 Å². The molecule has 2 rings (SSSR count). The minimum Gasteiger partial charge on any atom is -0.462 e. The zero-order valence-corrected chi connectivity index (χ0v) is 15.9. The van der Waals surface area contributed by atoms with Gasteiger partial charge in [0.05, 0.1) is 17.4 Å². The molecule has 132 valence electrons. The molecular weight excluding hydrogens is 346 g/mol. The van der Waals surface area contributed by atoms with Gasteiger partial charge >= 0.3 is 5.97 Å². The van der Waals surface area contributed by atoms with Gasteiger partial charge in [-0.3, -0.25) is 9.59 Å². The lowest BCUT2D eigenvalue weighted by Gasteiger charge is -2.14. The molecule has 1 aliphatic rings. The molecule has 0 saturated carbocycles. The minimum atomic E-state index is -0.448. The topological polar surface area (TPSA) is 72.5 Å². The first-order valence-corrected chi connectivity index (χ1v) is 9.97. The Morgan fingerprint density at radius 1 is 1.25 bits per heavy atom. The number of carbonyl (C=O) groups is 3. The van der Waals surface area contributed by atoms with Crippen LogP contribution >= 0.6 is 23.1 Å². The first-order valence-electron chi connectivity index (χ1n) is 8.27. The Morgan fingerprint density at radius 2 is 1.96 bits per heavy atom. The van der Waals surface area contributed by atoms with Crippen molar-refractivity contribution in [3.05, 3.63) is 16.0 Å². The minimum absolute atomic E-state index is 0.0897. The largest absolute Gasteiger partial charge is 0.462 e. The van der Waals surface area contributed by atoms with E-state index < -0.39 is 5.25 Å². The van der Waals surface area contributed by atoms with Crippen LogP contribution < -0.4 is 5.32 Å². The number of fused-ring (bicyclic) bond motifs is 1. The van der Waals surface area contributed by atoms with Gasteiger partial charge in [0.25, 0.3) is 0 Å². The van der Waals surface area contributed by atoms with Gasteiger partial charge in [-0.1, -0.05) is 18.7 Å². The maximum absolute atomic E-state index is 12.5. The third-order valence-corrected chi connectivity index (χ3v) is 6.23. The van der Waals surface area contributed by atoms with E-state index in [0.29, 0.717) is 23.6 Å². The molecule has 7 heteroatoms. The van der Waals surface area contributed by atoms with Gasteiger partial charge in [-0.2, -0.15) is 0 Å². The molecule has 1 unspecified atom stereocenters. The standard InChI is InChI=1S/C17H23NO4S2/c1-4-12(23-10(3)19)15(20)18-16-14(17(21)22-5-2)11-8-6-7-9-13(11)24-16/h12H,4-9H2,1-3H3,(H,18,20). The molecule has 1 amide bonds. The van der Waals surface area contributed by atoms with Crippen molar-refractivity contribution in [1.29, 1.82) is 0 Å². The highest BCUT2D eigenvalue weighted by molar-refractivity contribution is 8.14. The average molecular weight is 370 g/mol. The summed E-state index contributed by atoms with van der Waals surface area (Å²) in [5, 5.41) is 2.89. The molecule has 5 nitrogen and oxygen atoms in total. The van der Waals surface area contributed by atoms with Crippen LogP contribution in [0.3, 0.4) is 0 Å². The Morgan fingerprint density at radius 3 is 2.58 bits per heavy atom. The maximum Gasteiger partial charge on any atom is 0.341 e. The van der Waals surface area contributed by atoms with Crippen LogP contribution in [0.2, 0.25) is 0 Å². The van der Waals surface area contributed by atoms with Gasteiger partial charge in [0.2, 0.25) is 5.91 Å². The number of thiophene rings is 1. The van der Waals surface area contributed by atoms with Crippen molar-refractivity contribution in [2.45, 2.75) is 58.1 Å². The predicted octanol–water partition coefficient (Wildman–Crippen LogP) is 3.80. The van der Waals surface area contributed by atoms with Gasteiger partial charge < -0.3 is 10.1 Å². The van der Waals surface area contributed by atoms with Crippen molar-refractivity contribution in [3.8, 4) is 0 Å². The van der Waals surface area contributed by atoms with Crippen molar-refractivity contribution < 1.29 is 19.1 Å². The Hall–Kier alpha value is -1.34. The van der Waals surface area contributed by atoms with Crippen molar-refractivity contribution in [1.82, 2.24) is 0 Å². The fourth-order valence-corrected chi connectivity index (χ4v) is 4.80. The number of amides is 1. The smallest absolute Gasteiger partial charge is 0.341 e. The van der Waals surface area contributed by atoms with Crippen LogP contribution in [0.5, 0.6) is 0 Å². The maximum atomic E-state index is 12.5. The van der Waals surface area contributed by atoms with Crippen LogP contribution in [-0.4, -0.2) is 28.8 Å². The Bertz CT molecular complexity index is 639. The van der Waals surface area contributed by atoms with E-state index in [4.69, 9.17) is 4.74 Å². The van der Waals surface area contributed by atoms with Crippen molar-refractivity contribution >= 4 is 45.1 Å². The molecule has 0 fully saturated rings. The number of thioether (sulfide) groups is 1. The molecule has 1 atom stereocenters. The highest BCUT2D eigenvalue weighted by Crippen LogP contribution is 2.39. The average Bonchev–Trinajstić information content (AvgIpc) is 2.90. The lowest BCUT2D eigenvalue weighted by Crippen LogP contribution is -2.26. The number of anilines is 1. The van der Waals surface area contributed by atoms with Crippen LogP contribution in [0.15, 0.2) is 0 Å². The zero-order chi connectivity index (χ0) is 17.7. The Balaban J connectivity index is 2.28. The van der Waals surface area contributed by atoms with E-state index in [0.717, 1.165) is 47.9 Å². The molecule has 0 aromatic carbocycles. The van der Waals surface area contributed by atoms with Crippen LogP contribution in [-0.2, 0) is 27.2 Å². The highest BCUT2D eigenvalue weighted by Gasteiger charge is 2.29. The van der Waals surface area contributed by atoms with Crippen LogP contribution in [0, 0.1) is 0 Å². The second-order valence-electron chi connectivity index (χ2n) is 5.63. The van der Waals surface area contributed by atoms with Crippen LogP contribution in [0.25, 0.3) is 0 Å². The number of nitrogens with one attached hydrogen (secondary N) is 1.